The van der Waals surface area contributed by atoms with Gasteiger partial charge in [-0.15, -0.1) is 0 Å². The van der Waals surface area contributed by atoms with Crippen molar-refractivity contribution in [2.45, 2.75) is 25.3 Å². The molecule has 3 aliphatic heterocycles. The summed E-state index contributed by atoms with van der Waals surface area (Å²) in [6, 6.07) is 7.46. The number of hydrogen-bond acceptors (Lipinski definition) is 4. The van der Waals surface area contributed by atoms with Gasteiger partial charge < -0.3 is 15.0 Å². The van der Waals surface area contributed by atoms with Crippen molar-refractivity contribution >= 4 is 11.4 Å². The monoisotopic (exact) mass is 287 g/mol. The van der Waals surface area contributed by atoms with Crippen LogP contribution in [0.4, 0.5) is 11.4 Å². The second kappa shape index (κ2) is 5.85. The van der Waals surface area contributed by atoms with Gasteiger partial charge in [-0.3, -0.25) is 4.90 Å². The molecular formula is C17H25N3O. The van der Waals surface area contributed by atoms with E-state index in [9.17, 15) is 0 Å². The number of benzene rings is 1. The fourth-order valence-corrected chi connectivity index (χ4v) is 3.99. The van der Waals surface area contributed by atoms with Crippen LogP contribution in [0, 0.1) is 0 Å². The average molecular weight is 287 g/mol. The van der Waals surface area contributed by atoms with Crippen LogP contribution in [0.2, 0.25) is 0 Å². The van der Waals surface area contributed by atoms with E-state index in [1.54, 1.807) is 0 Å². The number of ether oxygens (including phenoxy) is 1. The molecule has 114 valence electrons. The van der Waals surface area contributed by atoms with E-state index in [1.807, 2.05) is 0 Å². The predicted octanol–water partition coefficient (Wildman–Crippen LogP) is 1.96. The average Bonchev–Trinajstić information content (AvgIpc) is 3.05. The summed E-state index contributed by atoms with van der Waals surface area (Å²) in [5.41, 5.74) is 4.36. The molecule has 0 aromatic heterocycles. The minimum Gasteiger partial charge on any atom is -0.385 e. The molecule has 0 bridgehead atoms. The molecule has 1 unspecified atom stereocenters. The highest BCUT2D eigenvalue weighted by atomic mass is 16.5. The van der Waals surface area contributed by atoms with E-state index in [2.05, 4.69) is 33.3 Å². The molecule has 3 heterocycles. The van der Waals surface area contributed by atoms with Crippen molar-refractivity contribution in [3.63, 3.8) is 0 Å². The fraction of sp³-hybridized carbons (Fsp3) is 0.647. The molecule has 2 saturated heterocycles. The molecule has 4 rings (SSSR count). The summed E-state index contributed by atoms with van der Waals surface area (Å²) in [5, 5.41) is 3.55. The summed E-state index contributed by atoms with van der Waals surface area (Å²) in [6.45, 7) is 7.50. The van der Waals surface area contributed by atoms with Crippen LogP contribution < -0.4 is 10.2 Å². The van der Waals surface area contributed by atoms with Crippen LogP contribution in [-0.4, -0.2) is 56.9 Å². The van der Waals surface area contributed by atoms with Gasteiger partial charge in [-0.1, -0.05) is 6.07 Å². The smallest absolute Gasteiger partial charge is 0.0594 e. The highest BCUT2D eigenvalue weighted by Gasteiger charge is 2.30. The van der Waals surface area contributed by atoms with Crippen LogP contribution >= 0.6 is 0 Å². The van der Waals surface area contributed by atoms with Gasteiger partial charge in [-0.2, -0.15) is 0 Å². The zero-order valence-corrected chi connectivity index (χ0v) is 12.7. The van der Waals surface area contributed by atoms with Crippen LogP contribution in [0.1, 0.15) is 18.4 Å². The standard InChI is InChI=1S/C17H25N3O/c1-4-16-15(3-2-7-18-16)17(5-1)20-8-6-14(13-20)19-9-11-21-12-10-19/h1,4-5,14,18H,2-3,6-13H2. The summed E-state index contributed by atoms with van der Waals surface area (Å²) in [7, 11) is 0. The van der Waals surface area contributed by atoms with Crippen LogP contribution in [0.25, 0.3) is 0 Å². The normalized spacial score (nSPS) is 26.5. The number of hydrogen-bond donors (Lipinski definition) is 1. The molecule has 1 aromatic carbocycles. The van der Waals surface area contributed by atoms with Crippen LogP contribution in [-0.2, 0) is 11.2 Å². The van der Waals surface area contributed by atoms with Gasteiger partial charge in [0.25, 0.3) is 0 Å². The summed E-state index contributed by atoms with van der Waals surface area (Å²) in [6.07, 6.45) is 3.76. The van der Waals surface area contributed by atoms with E-state index in [0.29, 0.717) is 6.04 Å². The van der Waals surface area contributed by atoms with Gasteiger partial charge in [0.2, 0.25) is 0 Å². The van der Waals surface area contributed by atoms with Crippen molar-refractivity contribution in [1.82, 2.24) is 4.90 Å². The Morgan fingerprint density at radius 3 is 2.95 bits per heavy atom. The summed E-state index contributed by atoms with van der Waals surface area (Å²) in [5.74, 6) is 0. The van der Waals surface area contributed by atoms with E-state index >= 15 is 0 Å². The molecule has 1 atom stereocenters. The zero-order valence-electron chi connectivity index (χ0n) is 12.7. The number of fused-ring (bicyclic) bond motifs is 1. The van der Waals surface area contributed by atoms with Crippen molar-refractivity contribution in [2.75, 3.05) is 56.2 Å². The molecule has 0 radical (unpaired) electrons. The van der Waals surface area contributed by atoms with Crippen molar-refractivity contribution in [3.05, 3.63) is 23.8 Å². The lowest BCUT2D eigenvalue weighted by atomic mass is 10.0. The van der Waals surface area contributed by atoms with Gasteiger partial charge in [0.1, 0.15) is 0 Å². The second-order valence-electron chi connectivity index (χ2n) is 6.37. The molecule has 0 aliphatic carbocycles. The number of morpholine rings is 1. The molecular weight excluding hydrogens is 262 g/mol. The van der Waals surface area contributed by atoms with Crippen molar-refractivity contribution in [2.24, 2.45) is 0 Å². The van der Waals surface area contributed by atoms with Gasteiger partial charge in [-0.25, -0.2) is 0 Å². The number of nitrogens with zero attached hydrogens (tertiary/aromatic N) is 2. The van der Waals surface area contributed by atoms with Crippen LogP contribution in [0.15, 0.2) is 18.2 Å². The molecule has 2 fully saturated rings. The summed E-state index contributed by atoms with van der Waals surface area (Å²) >= 11 is 0. The quantitative estimate of drug-likeness (QED) is 0.900. The molecule has 0 amide bonds. The van der Waals surface area contributed by atoms with Crippen molar-refractivity contribution in [1.29, 1.82) is 0 Å². The lowest BCUT2D eigenvalue weighted by molar-refractivity contribution is 0.0209. The molecule has 1 aromatic rings. The third-order valence-electron chi connectivity index (χ3n) is 5.14. The lowest BCUT2D eigenvalue weighted by Crippen LogP contribution is -2.44. The minimum atomic E-state index is 0.710. The molecule has 21 heavy (non-hydrogen) atoms. The Bertz CT molecular complexity index is 499. The fourth-order valence-electron chi connectivity index (χ4n) is 3.99. The molecule has 1 N–H and O–H groups in total. The molecule has 4 heteroatoms. The maximum Gasteiger partial charge on any atom is 0.0594 e. The molecule has 3 aliphatic rings. The Kier molecular flexibility index (Phi) is 3.74. The highest BCUT2D eigenvalue weighted by Crippen LogP contribution is 2.34. The molecule has 0 saturated carbocycles. The number of anilines is 2. The van der Waals surface area contributed by atoms with E-state index in [4.69, 9.17) is 4.74 Å². The lowest BCUT2D eigenvalue weighted by Gasteiger charge is -2.33. The molecule has 4 nitrogen and oxygen atoms in total. The first-order valence-corrected chi connectivity index (χ1v) is 8.34. The van der Waals surface area contributed by atoms with E-state index in [0.717, 1.165) is 32.8 Å². The summed E-state index contributed by atoms with van der Waals surface area (Å²) in [4.78, 5) is 5.23. The highest BCUT2D eigenvalue weighted by molar-refractivity contribution is 5.68. The third kappa shape index (κ3) is 2.62. The first kappa shape index (κ1) is 13.4. The third-order valence-corrected chi connectivity index (χ3v) is 5.14. The van der Waals surface area contributed by atoms with Gasteiger partial charge in [0.15, 0.2) is 0 Å². The Morgan fingerprint density at radius 2 is 2.05 bits per heavy atom. The Morgan fingerprint density at radius 1 is 1.14 bits per heavy atom. The maximum atomic E-state index is 5.48. The van der Waals surface area contributed by atoms with Crippen molar-refractivity contribution < 1.29 is 4.74 Å². The number of rotatable bonds is 2. The van der Waals surface area contributed by atoms with Crippen LogP contribution in [0.3, 0.4) is 0 Å². The Labute approximate surface area is 127 Å². The first-order valence-electron chi connectivity index (χ1n) is 8.34. The zero-order chi connectivity index (χ0) is 14.1. The minimum absolute atomic E-state index is 0.710. The first-order chi connectivity index (χ1) is 10.4. The topological polar surface area (TPSA) is 27.7 Å². The van der Waals surface area contributed by atoms with E-state index < -0.39 is 0 Å². The number of nitrogens with one attached hydrogen (secondary N) is 1. The van der Waals surface area contributed by atoms with Gasteiger partial charge in [0, 0.05) is 50.1 Å². The second-order valence-corrected chi connectivity index (χ2v) is 6.37. The Balaban J connectivity index is 1.50. The van der Waals surface area contributed by atoms with Crippen molar-refractivity contribution in [3.8, 4) is 0 Å². The molecule has 0 spiro atoms. The Hall–Kier alpha value is -1.26. The SMILES string of the molecule is c1cc2c(c(N3CCC(N4CCOCC4)C3)c1)CCCN2. The predicted molar refractivity (Wildman–Crippen MR) is 86.3 cm³/mol. The van der Waals surface area contributed by atoms with Gasteiger partial charge in [-0.05, 0) is 37.0 Å². The van der Waals surface area contributed by atoms with Gasteiger partial charge in [0.05, 0.1) is 13.2 Å². The van der Waals surface area contributed by atoms with E-state index in [-0.39, 0.29) is 0 Å². The summed E-state index contributed by atoms with van der Waals surface area (Å²) < 4.78 is 5.48. The van der Waals surface area contributed by atoms with E-state index in [1.165, 1.54) is 49.3 Å². The van der Waals surface area contributed by atoms with Gasteiger partial charge >= 0.3 is 0 Å². The maximum absolute atomic E-state index is 5.48. The largest absolute Gasteiger partial charge is 0.385 e. The van der Waals surface area contributed by atoms with Crippen LogP contribution in [0.5, 0.6) is 0 Å².